The predicted molar refractivity (Wildman–Crippen MR) is 116 cm³/mol. The lowest BCUT2D eigenvalue weighted by Gasteiger charge is -2.07. The van der Waals surface area contributed by atoms with Gasteiger partial charge in [-0.15, -0.1) is 11.3 Å². The van der Waals surface area contributed by atoms with Crippen molar-refractivity contribution in [3.05, 3.63) is 80.0 Å². The molecule has 0 spiro atoms. The Kier molecular flexibility index (Phi) is 5.31. The molecule has 2 aromatic carbocycles. The number of ether oxygens (including phenoxy) is 1. The highest BCUT2D eigenvalue weighted by Crippen LogP contribution is 2.39. The van der Waals surface area contributed by atoms with Gasteiger partial charge in [-0.05, 0) is 41.3 Å². The van der Waals surface area contributed by atoms with Gasteiger partial charge in [0.25, 0.3) is 0 Å². The number of nitrogens with zero attached hydrogens (tertiary/aromatic N) is 2. The highest BCUT2D eigenvalue weighted by atomic mass is 35.5. The molecule has 1 aliphatic heterocycles. The number of fused-ring (bicyclic) bond motifs is 1. The van der Waals surface area contributed by atoms with Crippen LogP contribution in [0.3, 0.4) is 0 Å². The molecule has 0 unspecified atom stereocenters. The van der Waals surface area contributed by atoms with E-state index >= 15 is 0 Å². The summed E-state index contributed by atoms with van der Waals surface area (Å²) in [7, 11) is 1.36. The fourth-order valence-corrected chi connectivity index (χ4v) is 3.93. The maximum Gasteiger partial charge on any atom is 0.337 e. The summed E-state index contributed by atoms with van der Waals surface area (Å²) in [5.41, 5.74) is 4.47. The molecule has 4 rings (SSSR count). The Morgan fingerprint density at radius 2 is 1.64 bits per heavy atom. The fraction of sp³-hybridized carbons (Fsp3) is 0.0952. The first-order chi connectivity index (χ1) is 13.5. The number of rotatable bonds is 3. The van der Waals surface area contributed by atoms with Crippen LogP contribution in [0.4, 0.5) is 11.4 Å². The van der Waals surface area contributed by atoms with Gasteiger partial charge in [0.1, 0.15) is 0 Å². The molecule has 0 saturated carbocycles. The van der Waals surface area contributed by atoms with E-state index < -0.39 is 0 Å². The zero-order chi connectivity index (χ0) is 19.7. The molecule has 0 amide bonds. The summed E-state index contributed by atoms with van der Waals surface area (Å²) < 4.78 is 4.76. The first-order valence-corrected chi connectivity index (χ1v) is 10.1. The number of benzene rings is 2. The van der Waals surface area contributed by atoms with Gasteiger partial charge in [0.05, 0.1) is 45.5 Å². The van der Waals surface area contributed by atoms with E-state index in [-0.39, 0.29) is 5.97 Å². The highest BCUT2D eigenvalue weighted by molar-refractivity contribution is 7.12. The topological polar surface area (TPSA) is 51.0 Å². The quantitative estimate of drug-likeness (QED) is 0.447. The summed E-state index contributed by atoms with van der Waals surface area (Å²) in [6.45, 7) is 0. The van der Waals surface area contributed by atoms with E-state index in [2.05, 4.69) is 0 Å². The van der Waals surface area contributed by atoms with E-state index in [0.29, 0.717) is 33.4 Å². The number of hydrogen-bond acceptors (Lipinski definition) is 5. The van der Waals surface area contributed by atoms with E-state index in [0.717, 1.165) is 21.9 Å². The lowest BCUT2D eigenvalue weighted by Crippen LogP contribution is -2.09. The van der Waals surface area contributed by atoms with Crippen molar-refractivity contribution >= 4 is 63.3 Å². The smallest absolute Gasteiger partial charge is 0.337 e. The second-order valence-corrected chi connectivity index (χ2v) is 7.86. The standard InChI is InChI=1S/C21H14Cl2N2O2S/c1-27-21(26)13-6-4-12(5-7-13)16-11-19(20-3-2-8-28-20)25-18-10-15(23)14(22)9-17(18)24-16/h2-10H,11H2,1H3. The molecular weight excluding hydrogens is 415 g/mol. The Morgan fingerprint density at radius 3 is 2.21 bits per heavy atom. The van der Waals surface area contributed by atoms with E-state index in [9.17, 15) is 4.79 Å². The molecule has 4 nitrogen and oxygen atoms in total. The molecule has 3 aromatic rings. The van der Waals surface area contributed by atoms with Crippen molar-refractivity contribution in [3.63, 3.8) is 0 Å². The molecule has 7 heteroatoms. The normalized spacial score (nSPS) is 13.2. The SMILES string of the molecule is COC(=O)c1ccc(C2=Nc3cc(Cl)c(Cl)cc3N=C(c3cccs3)C2)cc1. The van der Waals surface area contributed by atoms with E-state index in [1.54, 1.807) is 35.6 Å². The monoisotopic (exact) mass is 428 g/mol. The summed E-state index contributed by atoms with van der Waals surface area (Å²) in [6, 6.07) is 14.7. The summed E-state index contributed by atoms with van der Waals surface area (Å²) in [5.74, 6) is -0.373. The average Bonchev–Trinajstić information content (AvgIpc) is 3.18. The van der Waals surface area contributed by atoms with Gasteiger partial charge in [-0.2, -0.15) is 0 Å². The molecule has 0 fully saturated rings. The minimum atomic E-state index is -0.373. The first-order valence-electron chi connectivity index (χ1n) is 8.42. The van der Waals surface area contributed by atoms with Gasteiger partial charge in [-0.3, -0.25) is 4.99 Å². The minimum absolute atomic E-state index is 0.373. The van der Waals surface area contributed by atoms with Crippen LogP contribution in [0.1, 0.15) is 27.2 Å². The highest BCUT2D eigenvalue weighted by Gasteiger charge is 2.19. The Labute approximate surface area is 176 Å². The summed E-state index contributed by atoms with van der Waals surface area (Å²) in [4.78, 5) is 22.4. The van der Waals surface area contributed by atoms with Gasteiger partial charge in [0, 0.05) is 11.3 Å². The molecule has 2 heterocycles. The predicted octanol–water partition coefficient (Wildman–Crippen LogP) is 6.49. The Morgan fingerprint density at radius 1 is 1.00 bits per heavy atom. The molecule has 0 radical (unpaired) electrons. The second-order valence-electron chi connectivity index (χ2n) is 6.10. The summed E-state index contributed by atoms with van der Waals surface area (Å²) in [5, 5.41) is 2.88. The molecule has 0 bridgehead atoms. The molecule has 0 N–H and O–H groups in total. The lowest BCUT2D eigenvalue weighted by molar-refractivity contribution is 0.0600. The molecule has 0 aliphatic carbocycles. The summed E-state index contributed by atoms with van der Waals surface area (Å²) >= 11 is 14.0. The van der Waals surface area contributed by atoms with Crippen LogP contribution in [-0.2, 0) is 4.74 Å². The Hall–Kier alpha value is -2.47. The Bertz CT molecular complexity index is 1100. The zero-order valence-electron chi connectivity index (χ0n) is 14.8. The third kappa shape index (κ3) is 3.74. The second kappa shape index (κ2) is 7.87. The third-order valence-corrected chi connectivity index (χ3v) is 5.95. The first kappa shape index (κ1) is 18.9. The largest absolute Gasteiger partial charge is 0.465 e. The van der Waals surface area contributed by atoms with Gasteiger partial charge in [-0.1, -0.05) is 41.4 Å². The van der Waals surface area contributed by atoms with E-state index in [1.807, 2.05) is 29.6 Å². The number of hydrogen-bond donors (Lipinski definition) is 0. The number of thiophene rings is 1. The maximum atomic E-state index is 11.7. The number of carbonyl (C=O) groups is 1. The van der Waals surface area contributed by atoms with Crippen LogP contribution in [0.2, 0.25) is 10.0 Å². The van der Waals surface area contributed by atoms with Crippen molar-refractivity contribution in [2.75, 3.05) is 7.11 Å². The van der Waals surface area contributed by atoms with Crippen molar-refractivity contribution in [2.24, 2.45) is 9.98 Å². The summed E-state index contributed by atoms with van der Waals surface area (Å²) in [6.07, 6.45) is 0.544. The van der Waals surface area contributed by atoms with Gasteiger partial charge < -0.3 is 4.74 Å². The van der Waals surface area contributed by atoms with Crippen LogP contribution in [-0.4, -0.2) is 24.5 Å². The van der Waals surface area contributed by atoms with Gasteiger partial charge >= 0.3 is 5.97 Å². The van der Waals surface area contributed by atoms with Crippen molar-refractivity contribution in [1.29, 1.82) is 0 Å². The molecule has 140 valence electrons. The number of methoxy groups -OCH3 is 1. The molecule has 0 saturated heterocycles. The number of halogens is 2. The zero-order valence-corrected chi connectivity index (χ0v) is 17.1. The van der Waals surface area contributed by atoms with E-state index in [1.165, 1.54) is 7.11 Å². The van der Waals surface area contributed by atoms with Crippen LogP contribution >= 0.6 is 34.5 Å². The van der Waals surface area contributed by atoms with Gasteiger partial charge in [0.2, 0.25) is 0 Å². The number of carbonyl (C=O) groups excluding carboxylic acids is 1. The van der Waals surface area contributed by atoms with Crippen LogP contribution in [0, 0.1) is 0 Å². The van der Waals surface area contributed by atoms with Crippen molar-refractivity contribution < 1.29 is 9.53 Å². The maximum absolute atomic E-state index is 11.7. The third-order valence-electron chi connectivity index (χ3n) is 4.31. The molecular formula is C21H14Cl2N2O2S. The molecule has 1 aromatic heterocycles. The average molecular weight is 429 g/mol. The van der Waals surface area contributed by atoms with E-state index in [4.69, 9.17) is 37.9 Å². The minimum Gasteiger partial charge on any atom is -0.465 e. The van der Waals surface area contributed by atoms with Gasteiger partial charge in [-0.25, -0.2) is 9.79 Å². The number of esters is 1. The fourth-order valence-electron chi connectivity index (χ4n) is 2.90. The lowest BCUT2D eigenvalue weighted by atomic mass is 10.0. The van der Waals surface area contributed by atoms with Gasteiger partial charge in [0.15, 0.2) is 0 Å². The Balaban J connectivity index is 1.82. The van der Waals surface area contributed by atoms with Crippen LogP contribution in [0.15, 0.2) is 63.9 Å². The van der Waals surface area contributed by atoms with Crippen LogP contribution in [0.25, 0.3) is 0 Å². The van der Waals surface area contributed by atoms with Crippen molar-refractivity contribution in [3.8, 4) is 0 Å². The van der Waals surface area contributed by atoms with Crippen LogP contribution < -0.4 is 0 Å². The van der Waals surface area contributed by atoms with Crippen LogP contribution in [0.5, 0.6) is 0 Å². The van der Waals surface area contributed by atoms with Crippen molar-refractivity contribution in [2.45, 2.75) is 6.42 Å². The number of aliphatic imine (C=N–C) groups is 2. The molecule has 1 aliphatic rings. The van der Waals surface area contributed by atoms with Crippen molar-refractivity contribution in [1.82, 2.24) is 0 Å². The molecule has 0 atom stereocenters. The molecule has 28 heavy (non-hydrogen) atoms.